The average Bonchev–Trinajstić information content (AvgIpc) is 2.94. The standard InChI is InChI=1S/C13H16N2O3/c14-9-3-4-12-11(8-9)15(13(16)18-12)6-5-10-2-1-7-17-10/h3-4,8,10H,1-2,5-7,14H2. The summed E-state index contributed by atoms with van der Waals surface area (Å²) >= 11 is 0. The van der Waals surface area contributed by atoms with Gasteiger partial charge in [-0.3, -0.25) is 4.57 Å². The Morgan fingerprint density at radius 2 is 2.33 bits per heavy atom. The molecule has 18 heavy (non-hydrogen) atoms. The van der Waals surface area contributed by atoms with Crippen LogP contribution in [0.5, 0.6) is 0 Å². The van der Waals surface area contributed by atoms with E-state index in [1.165, 1.54) is 0 Å². The molecular formula is C13H16N2O3. The largest absolute Gasteiger partial charge is 0.419 e. The van der Waals surface area contributed by atoms with Crippen molar-refractivity contribution in [2.24, 2.45) is 0 Å². The minimum absolute atomic E-state index is 0.267. The number of rotatable bonds is 3. The first-order valence-electron chi connectivity index (χ1n) is 6.24. The van der Waals surface area contributed by atoms with Gasteiger partial charge in [0.05, 0.1) is 11.6 Å². The lowest BCUT2D eigenvalue weighted by molar-refractivity contribution is 0.100. The summed E-state index contributed by atoms with van der Waals surface area (Å²) in [5.74, 6) is -0.325. The third kappa shape index (κ3) is 2.01. The van der Waals surface area contributed by atoms with E-state index in [4.69, 9.17) is 14.9 Å². The van der Waals surface area contributed by atoms with E-state index in [0.717, 1.165) is 31.4 Å². The first kappa shape index (κ1) is 11.3. The lowest BCUT2D eigenvalue weighted by atomic mass is 10.2. The number of ether oxygens (including phenoxy) is 1. The number of hydrogen-bond acceptors (Lipinski definition) is 4. The first-order valence-corrected chi connectivity index (χ1v) is 6.24. The molecule has 1 unspecified atom stereocenters. The summed E-state index contributed by atoms with van der Waals surface area (Å²) in [6.07, 6.45) is 3.29. The van der Waals surface area contributed by atoms with Crippen molar-refractivity contribution in [2.75, 3.05) is 12.3 Å². The van der Waals surface area contributed by atoms with E-state index >= 15 is 0 Å². The molecule has 1 aromatic carbocycles. The van der Waals surface area contributed by atoms with Crippen LogP contribution in [0.2, 0.25) is 0 Å². The molecule has 1 fully saturated rings. The smallest absolute Gasteiger partial charge is 0.408 e. The molecular weight excluding hydrogens is 232 g/mol. The number of oxazole rings is 1. The molecule has 5 nitrogen and oxygen atoms in total. The van der Waals surface area contributed by atoms with Gasteiger partial charge in [0.2, 0.25) is 0 Å². The molecule has 1 saturated heterocycles. The van der Waals surface area contributed by atoms with Crippen LogP contribution in [0.15, 0.2) is 27.4 Å². The fraction of sp³-hybridized carbons (Fsp3) is 0.462. The molecule has 0 saturated carbocycles. The minimum atomic E-state index is -0.325. The summed E-state index contributed by atoms with van der Waals surface area (Å²) in [7, 11) is 0. The van der Waals surface area contributed by atoms with Crippen molar-refractivity contribution < 1.29 is 9.15 Å². The van der Waals surface area contributed by atoms with Gasteiger partial charge in [0.25, 0.3) is 0 Å². The van der Waals surface area contributed by atoms with Crippen molar-refractivity contribution in [1.82, 2.24) is 4.57 Å². The van der Waals surface area contributed by atoms with Gasteiger partial charge >= 0.3 is 5.76 Å². The van der Waals surface area contributed by atoms with Crippen molar-refractivity contribution in [2.45, 2.75) is 31.9 Å². The zero-order valence-corrected chi connectivity index (χ0v) is 10.1. The van der Waals surface area contributed by atoms with Gasteiger partial charge in [-0.15, -0.1) is 0 Å². The number of hydrogen-bond donors (Lipinski definition) is 1. The van der Waals surface area contributed by atoms with Gasteiger partial charge in [-0.2, -0.15) is 0 Å². The predicted octanol–water partition coefficient (Wildman–Crippen LogP) is 1.75. The fourth-order valence-corrected chi connectivity index (χ4v) is 2.44. The van der Waals surface area contributed by atoms with E-state index in [0.29, 0.717) is 17.8 Å². The Morgan fingerprint density at radius 1 is 1.44 bits per heavy atom. The van der Waals surface area contributed by atoms with E-state index in [1.54, 1.807) is 22.8 Å². The topological polar surface area (TPSA) is 70.4 Å². The Kier molecular flexibility index (Phi) is 2.83. The van der Waals surface area contributed by atoms with Crippen LogP contribution in [0, 0.1) is 0 Å². The van der Waals surface area contributed by atoms with Crippen LogP contribution in [0.1, 0.15) is 19.3 Å². The zero-order valence-electron chi connectivity index (χ0n) is 10.1. The van der Waals surface area contributed by atoms with E-state index in [9.17, 15) is 4.79 Å². The normalized spacial score (nSPS) is 19.7. The SMILES string of the molecule is Nc1ccc2oc(=O)n(CCC3CCCO3)c2c1. The number of benzene rings is 1. The van der Waals surface area contributed by atoms with Gasteiger partial charge in [0, 0.05) is 18.8 Å². The number of anilines is 1. The van der Waals surface area contributed by atoms with Crippen LogP contribution in [0.3, 0.4) is 0 Å². The Labute approximate surface area is 104 Å². The maximum absolute atomic E-state index is 11.8. The fourth-order valence-electron chi connectivity index (χ4n) is 2.44. The van der Waals surface area contributed by atoms with Crippen LogP contribution in [-0.2, 0) is 11.3 Å². The molecule has 1 aromatic heterocycles. The molecule has 1 aliphatic rings. The predicted molar refractivity (Wildman–Crippen MR) is 68.5 cm³/mol. The minimum Gasteiger partial charge on any atom is -0.408 e. The second-order valence-electron chi connectivity index (χ2n) is 4.67. The summed E-state index contributed by atoms with van der Waals surface area (Å²) in [6.45, 7) is 1.44. The van der Waals surface area contributed by atoms with Crippen LogP contribution >= 0.6 is 0 Å². The monoisotopic (exact) mass is 248 g/mol. The number of nitrogen functional groups attached to an aromatic ring is 1. The van der Waals surface area contributed by atoms with Gasteiger partial charge < -0.3 is 14.9 Å². The number of fused-ring (bicyclic) bond motifs is 1. The highest BCUT2D eigenvalue weighted by Crippen LogP contribution is 2.19. The molecule has 2 aromatic rings. The van der Waals surface area contributed by atoms with Crippen molar-refractivity contribution in [3.05, 3.63) is 28.7 Å². The molecule has 0 spiro atoms. The summed E-state index contributed by atoms with van der Waals surface area (Å²) in [4.78, 5) is 11.8. The van der Waals surface area contributed by atoms with Gasteiger partial charge in [0.15, 0.2) is 5.58 Å². The maximum atomic E-state index is 11.8. The van der Waals surface area contributed by atoms with Gasteiger partial charge in [0.1, 0.15) is 0 Å². The Morgan fingerprint density at radius 3 is 3.11 bits per heavy atom. The molecule has 96 valence electrons. The van der Waals surface area contributed by atoms with E-state index in [2.05, 4.69) is 0 Å². The number of nitrogens with two attached hydrogens (primary N) is 1. The maximum Gasteiger partial charge on any atom is 0.419 e. The lowest BCUT2D eigenvalue weighted by Crippen LogP contribution is -2.18. The average molecular weight is 248 g/mol. The summed E-state index contributed by atoms with van der Waals surface area (Å²) in [5.41, 5.74) is 7.72. The number of nitrogens with zero attached hydrogens (tertiary/aromatic N) is 1. The highest BCUT2D eigenvalue weighted by atomic mass is 16.5. The van der Waals surface area contributed by atoms with Gasteiger partial charge in [-0.25, -0.2) is 4.79 Å². The molecule has 0 amide bonds. The third-order valence-electron chi connectivity index (χ3n) is 3.39. The van der Waals surface area contributed by atoms with Gasteiger partial charge in [-0.1, -0.05) is 0 Å². The van der Waals surface area contributed by atoms with Crippen LogP contribution in [0.4, 0.5) is 5.69 Å². The molecule has 1 atom stereocenters. The number of aromatic nitrogens is 1. The second kappa shape index (κ2) is 4.49. The molecule has 0 bridgehead atoms. The van der Waals surface area contributed by atoms with E-state index in [1.807, 2.05) is 0 Å². The van der Waals surface area contributed by atoms with Crippen molar-refractivity contribution >= 4 is 16.8 Å². The molecule has 2 N–H and O–H groups in total. The molecule has 1 aliphatic heterocycles. The van der Waals surface area contributed by atoms with Crippen molar-refractivity contribution in [3.63, 3.8) is 0 Å². The van der Waals surface area contributed by atoms with Crippen molar-refractivity contribution in [1.29, 1.82) is 0 Å². The van der Waals surface area contributed by atoms with E-state index < -0.39 is 0 Å². The third-order valence-corrected chi connectivity index (χ3v) is 3.39. The highest BCUT2D eigenvalue weighted by Gasteiger charge is 2.17. The Balaban J connectivity index is 1.87. The summed E-state index contributed by atoms with van der Waals surface area (Å²) in [5, 5.41) is 0. The lowest BCUT2D eigenvalue weighted by Gasteiger charge is -2.09. The first-order chi connectivity index (χ1) is 8.74. The highest BCUT2D eigenvalue weighted by molar-refractivity contribution is 5.76. The van der Waals surface area contributed by atoms with Crippen LogP contribution in [0.25, 0.3) is 11.1 Å². The molecule has 0 radical (unpaired) electrons. The zero-order chi connectivity index (χ0) is 12.5. The van der Waals surface area contributed by atoms with E-state index in [-0.39, 0.29) is 11.9 Å². The Bertz CT molecular complexity index is 608. The summed E-state index contributed by atoms with van der Waals surface area (Å²) in [6, 6.07) is 5.24. The quantitative estimate of drug-likeness (QED) is 0.840. The molecule has 5 heteroatoms. The molecule has 3 rings (SSSR count). The van der Waals surface area contributed by atoms with Gasteiger partial charge in [-0.05, 0) is 37.5 Å². The summed E-state index contributed by atoms with van der Waals surface area (Å²) < 4.78 is 12.4. The van der Waals surface area contributed by atoms with Crippen LogP contribution in [-0.4, -0.2) is 17.3 Å². The van der Waals surface area contributed by atoms with Crippen molar-refractivity contribution in [3.8, 4) is 0 Å². The van der Waals surface area contributed by atoms with Crippen LogP contribution < -0.4 is 11.5 Å². The Hall–Kier alpha value is -1.75. The second-order valence-corrected chi connectivity index (χ2v) is 4.67. The number of aryl methyl sites for hydroxylation is 1. The molecule has 0 aliphatic carbocycles. The molecule has 2 heterocycles.